The van der Waals surface area contributed by atoms with E-state index in [1.807, 2.05) is 12.1 Å². The first kappa shape index (κ1) is 26.5. The SMILES string of the molecule is COc1ccc(N2C(=O)NC(=O)C(=Cc3ccc(OCCOc4ccc(C(C)(C)C)cc4)cc3)C2=O)cc1. The number of hydrogen-bond donors (Lipinski definition) is 1. The second-order valence-electron chi connectivity index (χ2n) is 9.70. The quantitative estimate of drug-likeness (QED) is 0.255. The average molecular weight is 515 g/mol. The van der Waals surface area contributed by atoms with Crippen molar-refractivity contribution in [1.29, 1.82) is 0 Å². The second-order valence-corrected chi connectivity index (χ2v) is 9.70. The van der Waals surface area contributed by atoms with E-state index in [2.05, 4.69) is 38.2 Å². The molecule has 1 fully saturated rings. The van der Waals surface area contributed by atoms with E-state index in [1.54, 1.807) is 48.5 Å². The third-order valence-electron chi connectivity index (χ3n) is 5.96. The lowest BCUT2D eigenvalue weighted by atomic mass is 9.87. The molecule has 1 saturated heterocycles. The number of benzene rings is 3. The Balaban J connectivity index is 1.36. The number of methoxy groups -OCH3 is 1. The smallest absolute Gasteiger partial charge is 0.335 e. The van der Waals surface area contributed by atoms with Gasteiger partial charge in [-0.25, -0.2) is 9.69 Å². The van der Waals surface area contributed by atoms with Gasteiger partial charge in [-0.1, -0.05) is 45.0 Å². The Morgan fingerprint density at radius 2 is 1.29 bits per heavy atom. The van der Waals surface area contributed by atoms with Crippen LogP contribution in [0, 0.1) is 0 Å². The van der Waals surface area contributed by atoms with E-state index in [0.29, 0.717) is 36.0 Å². The number of nitrogens with zero attached hydrogens (tertiary/aromatic N) is 1. The van der Waals surface area contributed by atoms with E-state index in [9.17, 15) is 14.4 Å². The van der Waals surface area contributed by atoms with Crippen molar-refractivity contribution in [1.82, 2.24) is 5.32 Å². The zero-order valence-electron chi connectivity index (χ0n) is 21.8. The van der Waals surface area contributed by atoms with Gasteiger partial charge in [-0.3, -0.25) is 14.9 Å². The molecule has 196 valence electrons. The molecule has 4 amide bonds. The topological polar surface area (TPSA) is 94.2 Å². The molecule has 0 aromatic heterocycles. The molecule has 38 heavy (non-hydrogen) atoms. The number of carbonyl (C=O) groups is 3. The Hall–Kier alpha value is -4.59. The Morgan fingerprint density at radius 3 is 1.82 bits per heavy atom. The van der Waals surface area contributed by atoms with E-state index in [-0.39, 0.29) is 11.0 Å². The first-order chi connectivity index (χ1) is 18.2. The second kappa shape index (κ2) is 11.2. The van der Waals surface area contributed by atoms with E-state index >= 15 is 0 Å². The van der Waals surface area contributed by atoms with Crippen LogP contribution in [-0.4, -0.2) is 38.2 Å². The highest BCUT2D eigenvalue weighted by molar-refractivity contribution is 6.39. The average Bonchev–Trinajstić information content (AvgIpc) is 2.90. The van der Waals surface area contributed by atoms with Gasteiger partial charge in [-0.2, -0.15) is 0 Å². The number of hydrogen-bond acceptors (Lipinski definition) is 6. The van der Waals surface area contributed by atoms with Crippen LogP contribution in [-0.2, 0) is 15.0 Å². The number of urea groups is 1. The maximum atomic E-state index is 13.0. The monoisotopic (exact) mass is 514 g/mol. The fraction of sp³-hybridized carbons (Fsp3) is 0.233. The maximum Gasteiger partial charge on any atom is 0.335 e. The van der Waals surface area contributed by atoms with Crippen LogP contribution in [0.1, 0.15) is 31.9 Å². The molecule has 0 atom stereocenters. The largest absolute Gasteiger partial charge is 0.497 e. The molecule has 0 spiro atoms. The van der Waals surface area contributed by atoms with Crippen LogP contribution < -0.4 is 24.4 Å². The van der Waals surface area contributed by atoms with Crippen molar-refractivity contribution in [2.24, 2.45) is 0 Å². The third kappa shape index (κ3) is 6.21. The lowest BCUT2D eigenvalue weighted by Crippen LogP contribution is -2.54. The number of barbiturate groups is 1. The lowest BCUT2D eigenvalue weighted by Gasteiger charge is -2.26. The Labute approximate surface area is 221 Å². The van der Waals surface area contributed by atoms with Crippen molar-refractivity contribution in [2.75, 3.05) is 25.2 Å². The molecule has 0 aliphatic carbocycles. The molecule has 0 radical (unpaired) electrons. The minimum absolute atomic E-state index is 0.0885. The van der Waals surface area contributed by atoms with Gasteiger partial charge >= 0.3 is 6.03 Å². The Kier molecular flexibility index (Phi) is 7.81. The van der Waals surface area contributed by atoms with Crippen LogP contribution in [0.2, 0.25) is 0 Å². The van der Waals surface area contributed by atoms with Gasteiger partial charge in [0.1, 0.15) is 36.0 Å². The minimum Gasteiger partial charge on any atom is -0.497 e. The van der Waals surface area contributed by atoms with Gasteiger partial charge in [0.2, 0.25) is 0 Å². The van der Waals surface area contributed by atoms with Gasteiger partial charge in [0.05, 0.1) is 12.8 Å². The Morgan fingerprint density at radius 1 is 0.763 bits per heavy atom. The number of imide groups is 2. The molecule has 8 heteroatoms. The fourth-order valence-corrected chi connectivity index (χ4v) is 3.82. The molecule has 3 aromatic carbocycles. The van der Waals surface area contributed by atoms with Crippen LogP contribution >= 0.6 is 0 Å². The highest BCUT2D eigenvalue weighted by atomic mass is 16.5. The maximum absolute atomic E-state index is 13.0. The summed E-state index contributed by atoms with van der Waals surface area (Å²) in [5, 5.41) is 2.22. The normalized spacial score (nSPS) is 14.9. The summed E-state index contributed by atoms with van der Waals surface area (Å²) in [5.41, 5.74) is 2.10. The predicted molar refractivity (Wildman–Crippen MR) is 145 cm³/mol. The molecule has 8 nitrogen and oxygen atoms in total. The van der Waals surface area contributed by atoms with E-state index in [4.69, 9.17) is 14.2 Å². The highest BCUT2D eigenvalue weighted by Crippen LogP contribution is 2.26. The van der Waals surface area contributed by atoms with Gasteiger partial charge in [-0.05, 0) is 71.1 Å². The number of ether oxygens (including phenoxy) is 3. The van der Waals surface area contributed by atoms with E-state index < -0.39 is 17.8 Å². The number of carbonyl (C=O) groups excluding carboxylic acids is 3. The summed E-state index contributed by atoms with van der Waals surface area (Å²) < 4.78 is 16.6. The van der Waals surface area contributed by atoms with Crippen molar-refractivity contribution >= 4 is 29.6 Å². The minimum atomic E-state index is -0.807. The molecule has 4 rings (SSSR count). The zero-order chi connectivity index (χ0) is 27.3. The standard InChI is InChI=1S/C30H30N2O6/c1-30(2,3)21-7-13-25(14-8-21)38-18-17-37-24-11-5-20(6-12-24)19-26-27(33)31-29(35)32(28(26)34)22-9-15-23(36-4)16-10-22/h5-16,19H,17-18H2,1-4H3,(H,31,33,35). The number of anilines is 1. The van der Waals surface area contributed by atoms with Gasteiger partial charge in [-0.15, -0.1) is 0 Å². The highest BCUT2D eigenvalue weighted by Gasteiger charge is 2.36. The van der Waals surface area contributed by atoms with Crippen LogP contribution in [0.25, 0.3) is 6.08 Å². The van der Waals surface area contributed by atoms with Crippen LogP contribution in [0.3, 0.4) is 0 Å². The Bertz CT molecular complexity index is 1340. The number of nitrogens with one attached hydrogen (secondary N) is 1. The first-order valence-corrected chi connectivity index (χ1v) is 12.2. The molecular weight excluding hydrogens is 484 g/mol. The van der Waals surface area contributed by atoms with Gasteiger partial charge in [0.25, 0.3) is 11.8 Å². The van der Waals surface area contributed by atoms with E-state index in [1.165, 1.54) is 18.7 Å². The summed E-state index contributed by atoms with van der Waals surface area (Å²) in [5.74, 6) is 0.512. The summed E-state index contributed by atoms with van der Waals surface area (Å²) in [6.45, 7) is 7.22. The molecule has 1 heterocycles. The molecular formula is C30H30N2O6. The summed E-state index contributed by atoms with van der Waals surface area (Å²) in [6.07, 6.45) is 1.44. The van der Waals surface area contributed by atoms with Gasteiger partial charge < -0.3 is 14.2 Å². The summed E-state index contributed by atoms with van der Waals surface area (Å²) >= 11 is 0. The molecule has 0 bridgehead atoms. The van der Waals surface area contributed by atoms with Crippen molar-refractivity contribution in [2.45, 2.75) is 26.2 Å². The van der Waals surface area contributed by atoms with Gasteiger partial charge in [0.15, 0.2) is 0 Å². The summed E-state index contributed by atoms with van der Waals surface area (Å²) in [6, 6.07) is 20.5. The lowest BCUT2D eigenvalue weighted by molar-refractivity contribution is -0.122. The third-order valence-corrected chi connectivity index (χ3v) is 5.96. The van der Waals surface area contributed by atoms with Crippen molar-refractivity contribution in [3.8, 4) is 17.2 Å². The van der Waals surface area contributed by atoms with Crippen LogP contribution in [0.5, 0.6) is 17.2 Å². The molecule has 3 aromatic rings. The zero-order valence-corrected chi connectivity index (χ0v) is 21.8. The predicted octanol–water partition coefficient (Wildman–Crippen LogP) is 5.12. The van der Waals surface area contributed by atoms with Crippen molar-refractivity contribution in [3.63, 3.8) is 0 Å². The fourth-order valence-electron chi connectivity index (χ4n) is 3.82. The van der Waals surface area contributed by atoms with Crippen molar-refractivity contribution < 1.29 is 28.6 Å². The molecule has 1 N–H and O–H groups in total. The van der Waals surface area contributed by atoms with E-state index in [0.717, 1.165) is 10.6 Å². The van der Waals surface area contributed by atoms with Crippen LogP contribution in [0.4, 0.5) is 10.5 Å². The number of amides is 4. The number of rotatable bonds is 8. The molecule has 0 saturated carbocycles. The van der Waals surface area contributed by atoms with Crippen molar-refractivity contribution in [3.05, 3.63) is 89.5 Å². The summed E-state index contributed by atoms with van der Waals surface area (Å²) in [4.78, 5) is 38.7. The summed E-state index contributed by atoms with van der Waals surface area (Å²) in [7, 11) is 1.52. The van der Waals surface area contributed by atoms with Crippen LogP contribution in [0.15, 0.2) is 78.4 Å². The van der Waals surface area contributed by atoms with Gasteiger partial charge in [0, 0.05) is 0 Å². The molecule has 0 unspecified atom stereocenters. The molecule has 1 aliphatic rings. The first-order valence-electron chi connectivity index (χ1n) is 12.2. The molecule has 1 aliphatic heterocycles.